The van der Waals surface area contributed by atoms with E-state index >= 15 is 0 Å². The minimum atomic E-state index is 0.185. The van der Waals surface area contributed by atoms with Crippen LogP contribution in [0.5, 0.6) is 0 Å². The summed E-state index contributed by atoms with van der Waals surface area (Å²) in [6.07, 6.45) is 1.96. The molecule has 2 N–H and O–H groups in total. The summed E-state index contributed by atoms with van der Waals surface area (Å²) in [5.74, 6) is 0. The van der Waals surface area contributed by atoms with Crippen molar-refractivity contribution in [1.82, 2.24) is 5.32 Å². The highest BCUT2D eigenvalue weighted by molar-refractivity contribution is 4.64. The maximum Gasteiger partial charge on any atom is 0.0585 e. The van der Waals surface area contributed by atoms with E-state index in [-0.39, 0.29) is 12.6 Å². The molecule has 1 atom stereocenters. The highest BCUT2D eigenvalue weighted by atomic mass is 16.5. The van der Waals surface area contributed by atoms with Crippen LogP contribution in [0.3, 0.4) is 0 Å². The SMILES string of the molecule is CCNC(CO)CCOCCC(C)(C)C. The molecule has 0 radical (unpaired) electrons. The minimum absolute atomic E-state index is 0.185. The third-order valence-electron chi connectivity index (χ3n) is 2.32. The molecule has 0 heterocycles. The first-order valence-corrected chi connectivity index (χ1v) is 5.91. The van der Waals surface area contributed by atoms with Crippen LogP contribution in [-0.2, 0) is 4.74 Å². The van der Waals surface area contributed by atoms with Crippen LogP contribution in [0.15, 0.2) is 0 Å². The number of aliphatic hydroxyl groups excluding tert-OH is 1. The molecule has 0 aliphatic rings. The number of aliphatic hydroxyl groups is 1. The topological polar surface area (TPSA) is 41.5 Å². The molecule has 0 aromatic carbocycles. The molecular formula is C12H27NO2. The third-order valence-corrected chi connectivity index (χ3v) is 2.32. The third kappa shape index (κ3) is 10.2. The van der Waals surface area contributed by atoms with Gasteiger partial charge in [-0.25, -0.2) is 0 Å². The van der Waals surface area contributed by atoms with Gasteiger partial charge in [0.2, 0.25) is 0 Å². The first kappa shape index (κ1) is 14.9. The highest BCUT2D eigenvalue weighted by Gasteiger charge is 2.10. The molecule has 92 valence electrons. The van der Waals surface area contributed by atoms with Crippen LogP contribution in [0.4, 0.5) is 0 Å². The normalized spacial score (nSPS) is 14.2. The quantitative estimate of drug-likeness (QED) is 0.609. The largest absolute Gasteiger partial charge is 0.395 e. The molecule has 15 heavy (non-hydrogen) atoms. The molecule has 3 heteroatoms. The zero-order valence-corrected chi connectivity index (χ0v) is 10.7. The molecule has 0 aromatic heterocycles. The van der Waals surface area contributed by atoms with Gasteiger partial charge in [-0.2, -0.15) is 0 Å². The molecule has 3 nitrogen and oxygen atoms in total. The Morgan fingerprint density at radius 3 is 2.40 bits per heavy atom. The first-order chi connectivity index (χ1) is 6.99. The molecule has 0 amide bonds. The summed E-state index contributed by atoms with van der Waals surface area (Å²) in [4.78, 5) is 0. The van der Waals surface area contributed by atoms with E-state index in [1.807, 2.05) is 6.92 Å². The number of likely N-dealkylation sites (N-methyl/N-ethyl adjacent to an activating group) is 1. The lowest BCUT2D eigenvalue weighted by Gasteiger charge is -2.19. The number of hydrogen-bond donors (Lipinski definition) is 2. The fourth-order valence-corrected chi connectivity index (χ4v) is 1.25. The van der Waals surface area contributed by atoms with Gasteiger partial charge in [0.05, 0.1) is 6.61 Å². The van der Waals surface area contributed by atoms with E-state index in [0.717, 1.165) is 32.6 Å². The molecule has 1 unspecified atom stereocenters. The minimum Gasteiger partial charge on any atom is -0.395 e. The van der Waals surface area contributed by atoms with Crippen molar-refractivity contribution in [3.63, 3.8) is 0 Å². The molecule has 0 rings (SSSR count). The maximum atomic E-state index is 9.02. The van der Waals surface area contributed by atoms with Crippen molar-refractivity contribution < 1.29 is 9.84 Å². The van der Waals surface area contributed by atoms with Crippen molar-refractivity contribution in [2.24, 2.45) is 5.41 Å². The second kappa shape index (κ2) is 8.08. The lowest BCUT2D eigenvalue weighted by molar-refractivity contribution is 0.0937. The summed E-state index contributed by atoms with van der Waals surface area (Å²) in [5, 5.41) is 12.2. The summed E-state index contributed by atoms with van der Waals surface area (Å²) < 4.78 is 5.54. The zero-order chi connectivity index (χ0) is 11.7. The van der Waals surface area contributed by atoms with Crippen molar-refractivity contribution in [2.45, 2.75) is 46.6 Å². The summed E-state index contributed by atoms with van der Waals surface area (Å²) in [6, 6.07) is 0.185. The van der Waals surface area contributed by atoms with Crippen LogP contribution >= 0.6 is 0 Å². The molecule has 0 aromatic rings. The van der Waals surface area contributed by atoms with E-state index in [1.165, 1.54) is 0 Å². The Labute approximate surface area is 94.2 Å². The standard InChI is InChI=1S/C12H27NO2/c1-5-13-11(10-14)6-8-15-9-7-12(2,3)4/h11,13-14H,5-10H2,1-4H3. The molecule has 0 aliphatic carbocycles. The van der Waals surface area contributed by atoms with Gasteiger partial charge in [-0.05, 0) is 24.8 Å². The molecule has 0 saturated carbocycles. The van der Waals surface area contributed by atoms with Gasteiger partial charge in [0.25, 0.3) is 0 Å². The number of nitrogens with one attached hydrogen (secondary N) is 1. The second-order valence-electron chi connectivity index (χ2n) is 5.15. The van der Waals surface area contributed by atoms with E-state index in [1.54, 1.807) is 0 Å². The maximum absolute atomic E-state index is 9.02. The average Bonchev–Trinajstić information content (AvgIpc) is 2.14. The molecule has 0 fully saturated rings. The van der Waals surface area contributed by atoms with Crippen molar-refractivity contribution in [3.8, 4) is 0 Å². The first-order valence-electron chi connectivity index (χ1n) is 5.91. The molecular weight excluding hydrogens is 190 g/mol. The Bertz CT molecular complexity index is 143. The van der Waals surface area contributed by atoms with Crippen molar-refractivity contribution in [3.05, 3.63) is 0 Å². The monoisotopic (exact) mass is 217 g/mol. The van der Waals surface area contributed by atoms with Gasteiger partial charge < -0.3 is 15.2 Å². The van der Waals surface area contributed by atoms with Crippen LogP contribution in [0.1, 0.15) is 40.5 Å². The van der Waals surface area contributed by atoms with Gasteiger partial charge in [0.15, 0.2) is 0 Å². The lowest BCUT2D eigenvalue weighted by atomic mass is 9.93. The molecule has 0 bridgehead atoms. The Morgan fingerprint density at radius 1 is 1.27 bits per heavy atom. The second-order valence-corrected chi connectivity index (χ2v) is 5.15. The van der Waals surface area contributed by atoms with Crippen molar-refractivity contribution in [1.29, 1.82) is 0 Å². The number of ether oxygens (including phenoxy) is 1. The summed E-state index contributed by atoms with van der Waals surface area (Å²) >= 11 is 0. The van der Waals surface area contributed by atoms with Crippen LogP contribution < -0.4 is 5.32 Å². The fourth-order valence-electron chi connectivity index (χ4n) is 1.25. The summed E-state index contributed by atoms with van der Waals surface area (Å²) in [5.41, 5.74) is 0.345. The van der Waals surface area contributed by atoms with E-state index < -0.39 is 0 Å². The Balaban J connectivity index is 3.36. The smallest absolute Gasteiger partial charge is 0.0585 e. The van der Waals surface area contributed by atoms with Crippen LogP contribution in [0.25, 0.3) is 0 Å². The number of hydrogen-bond acceptors (Lipinski definition) is 3. The van der Waals surface area contributed by atoms with Gasteiger partial charge in [0, 0.05) is 19.3 Å². The van der Waals surface area contributed by atoms with E-state index in [9.17, 15) is 0 Å². The Kier molecular flexibility index (Phi) is 8.02. The molecule has 0 saturated heterocycles. The van der Waals surface area contributed by atoms with E-state index in [0.29, 0.717) is 5.41 Å². The fraction of sp³-hybridized carbons (Fsp3) is 1.00. The van der Waals surface area contributed by atoms with Crippen molar-refractivity contribution in [2.75, 3.05) is 26.4 Å². The summed E-state index contributed by atoms with van der Waals surface area (Å²) in [7, 11) is 0. The van der Waals surface area contributed by atoms with Crippen molar-refractivity contribution >= 4 is 0 Å². The predicted octanol–water partition coefficient (Wildman–Crippen LogP) is 1.80. The van der Waals surface area contributed by atoms with Gasteiger partial charge in [0.1, 0.15) is 0 Å². The molecule has 0 spiro atoms. The average molecular weight is 217 g/mol. The Hall–Kier alpha value is -0.120. The van der Waals surface area contributed by atoms with Crippen LogP contribution in [0, 0.1) is 5.41 Å². The van der Waals surface area contributed by atoms with Gasteiger partial charge in [-0.1, -0.05) is 27.7 Å². The highest BCUT2D eigenvalue weighted by Crippen LogP contribution is 2.17. The Morgan fingerprint density at radius 2 is 1.93 bits per heavy atom. The van der Waals surface area contributed by atoms with Gasteiger partial charge in [-0.3, -0.25) is 0 Å². The number of rotatable bonds is 8. The van der Waals surface area contributed by atoms with Gasteiger partial charge >= 0.3 is 0 Å². The van der Waals surface area contributed by atoms with E-state index in [2.05, 4.69) is 26.1 Å². The lowest BCUT2D eigenvalue weighted by Crippen LogP contribution is -2.33. The van der Waals surface area contributed by atoms with Gasteiger partial charge in [-0.15, -0.1) is 0 Å². The molecule has 0 aliphatic heterocycles. The van der Waals surface area contributed by atoms with Crippen LogP contribution in [0.2, 0.25) is 0 Å². The zero-order valence-electron chi connectivity index (χ0n) is 10.7. The summed E-state index contributed by atoms with van der Waals surface area (Å²) in [6.45, 7) is 11.3. The van der Waals surface area contributed by atoms with Crippen LogP contribution in [-0.4, -0.2) is 37.5 Å². The van der Waals surface area contributed by atoms with E-state index in [4.69, 9.17) is 9.84 Å². The predicted molar refractivity (Wildman–Crippen MR) is 64.1 cm³/mol.